The fourth-order valence-electron chi connectivity index (χ4n) is 1.70. The van der Waals surface area contributed by atoms with E-state index in [1.807, 2.05) is 0 Å². The fraction of sp³-hybridized carbons (Fsp3) is 0.364. The van der Waals surface area contributed by atoms with Gasteiger partial charge >= 0.3 is 0 Å². The quantitative estimate of drug-likeness (QED) is 0.661. The molecule has 1 fully saturated rings. The van der Waals surface area contributed by atoms with Gasteiger partial charge in [0.25, 0.3) is 5.91 Å². The molecule has 1 saturated heterocycles. The van der Waals surface area contributed by atoms with E-state index in [1.165, 1.54) is 18.5 Å². The SMILES string of the molecule is O=C1CCC(NC(=O)c2ccncc2O)CN1. The van der Waals surface area contributed by atoms with Crippen molar-refractivity contribution in [2.24, 2.45) is 0 Å². The number of carbonyl (C=O) groups is 2. The molecule has 3 N–H and O–H groups in total. The summed E-state index contributed by atoms with van der Waals surface area (Å²) in [5, 5.41) is 14.9. The number of amides is 2. The predicted octanol–water partition coefficient (Wildman–Crippen LogP) is -0.204. The minimum atomic E-state index is -0.356. The maximum Gasteiger partial charge on any atom is 0.255 e. The third kappa shape index (κ3) is 2.72. The number of pyridine rings is 1. The van der Waals surface area contributed by atoms with Gasteiger partial charge in [0.05, 0.1) is 11.8 Å². The zero-order valence-corrected chi connectivity index (χ0v) is 9.14. The molecule has 6 nitrogen and oxygen atoms in total. The van der Waals surface area contributed by atoms with Gasteiger partial charge in [-0.15, -0.1) is 0 Å². The summed E-state index contributed by atoms with van der Waals surface area (Å²) >= 11 is 0. The van der Waals surface area contributed by atoms with Gasteiger partial charge in [-0.3, -0.25) is 14.6 Å². The molecule has 0 aliphatic carbocycles. The Morgan fingerprint density at radius 1 is 1.59 bits per heavy atom. The first-order valence-corrected chi connectivity index (χ1v) is 5.37. The van der Waals surface area contributed by atoms with Crippen LogP contribution in [0.4, 0.5) is 0 Å². The number of aromatic hydroxyl groups is 1. The Kier molecular flexibility index (Phi) is 3.22. The molecular weight excluding hydrogens is 222 g/mol. The van der Waals surface area contributed by atoms with E-state index < -0.39 is 0 Å². The molecule has 2 amide bonds. The van der Waals surface area contributed by atoms with Gasteiger partial charge in [0.1, 0.15) is 5.75 Å². The summed E-state index contributed by atoms with van der Waals surface area (Å²) in [5.41, 5.74) is 0.192. The molecule has 1 aliphatic rings. The maximum absolute atomic E-state index is 11.8. The van der Waals surface area contributed by atoms with E-state index in [0.29, 0.717) is 19.4 Å². The Labute approximate surface area is 98.1 Å². The van der Waals surface area contributed by atoms with E-state index in [1.54, 1.807) is 0 Å². The van der Waals surface area contributed by atoms with Gasteiger partial charge in [-0.1, -0.05) is 0 Å². The second-order valence-electron chi connectivity index (χ2n) is 3.91. The van der Waals surface area contributed by atoms with Crippen LogP contribution in [0.3, 0.4) is 0 Å². The Morgan fingerprint density at radius 3 is 3.06 bits per heavy atom. The zero-order valence-electron chi connectivity index (χ0n) is 9.14. The first-order valence-electron chi connectivity index (χ1n) is 5.37. The number of carbonyl (C=O) groups excluding carboxylic acids is 2. The summed E-state index contributed by atoms with van der Waals surface area (Å²) in [6.45, 7) is 0.427. The van der Waals surface area contributed by atoms with E-state index in [4.69, 9.17) is 0 Å². The summed E-state index contributed by atoms with van der Waals surface area (Å²) in [5.74, 6) is -0.502. The highest BCUT2D eigenvalue weighted by atomic mass is 16.3. The molecule has 0 radical (unpaired) electrons. The lowest BCUT2D eigenvalue weighted by molar-refractivity contribution is -0.122. The minimum Gasteiger partial charge on any atom is -0.505 e. The van der Waals surface area contributed by atoms with Gasteiger partial charge in [-0.05, 0) is 12.5 Å². The lowest BCUT2D eigenvalue weighted by Gasteiger charge is -2.23. The molecule has 2 heterocycles. The number of hydrogen-bond donors (Lipinski definition) is 3. The molecule has 1 aliphatic heterocycles. The van der Waals surface area contributed by atoms with Gasteiger partial charge < -0.3 is 15.7 Å². The van der Waals surface area contributed by atoms with Crippen molar-refractivity contribution >= 4 is 11.8 Å². The van der Waals surface area contributed by atoms with Crippen molar-refractivity contribution in [3.05, 3.63) is 24.0 Å². The number of rotatable bonds is 2. The van der Waals surface area contributed by atoms with E-state index in [0.717, 1.165) is 0 Å². The Balaban J connectivity index is 1.98. The highest BCUT2D eigenvalue weighted by Gasteiger charge is 2.21. The number of nitrogens with one attached hydrogen (secondary N) is 2. The Morgan fingerprint density at radius 2 is 2.41 bits per heavy atom. The molecule has 0 aromatic carbocycles. The van der Waals surface area contributed by atoms with Crippen molar-refractivity contribution in [1.29, 1.82) is 0 Å². The largest absolute Gasteiger partial charge is 0.505 e. The smallest absolute Gasteiger partial charge is 0.255 e. The normalized spacial score (nSPS) is 19.5. The molecule has 17 heavy (non-hydrogen) atoms. The number of aromatic nitrogens is 1. The average Bonchev–Trinajstić information content (AvgIpc) is 2.32. The van der Waals surface area contributed by atoms with Crippen molar-refractivity contribution in [2.45, 2.75) is 18.9 Å². The van der Waals surface area contributed by atoms with E-state index in [-0.39, 0.29) is 29.2 Å². The van der Waals surface area contributed by atoms with Gasteiger partial charge in [0.15, 0.2) is 0 Å². The summed E-state index contributed by atoms with van der Waals surface area (Å²) in [4.78, 5) is 26.4. The summed E-state index contributed by atoms with van der Waals surface area (Å²) in [6.07, 6.45) is 3.69. The van der Waals surface area contributed by atoms with Crippen LogP contribution >= 0.6 is 0 Å². The van der Waals surface area contributed by atoms with Crippen LogP contribution in [0.5, 0.6) is 5.75 Å². The van der Waals surface area contributed by atoms with Crippen LogP contribution in [-0.2, 0) is 4.79 Å². The standard InChI is InChI=1S/C11H13N3O3/c15-9-6-12-4-3-8(9)11(17)14-7-1-2-10(16)13-5-7/h3-4,6-7,15H,1-2,5H2,(H,13,16)(H,14,17). The molecule has 0 saturated carbocycles. The molecule has 1 aromatic heterocycles. The van der Waals surface area contributed by atoms with Crippen molar-refractivity contribution in [1.82, 2.24) is 15.6 Å². The number of nitrogens with zero attached hydrogens (tertiary/aromatic N) is 1. The van der Waals surface area contributed by atoms with Crippen LogP contribution in [0.15, 0.2) is 18.5 Å². The van der Waals surface area contributed by atoms with Crippen molar-refractivity contribution < 1.29 is 14.7 Å². The second kappa shape index (κ2) is 4.82. The highest BCUT2D eigenvalue weighted by Crippen LogP contribution is 2.14. The van der Waals surface area contributed by atoms with E-state index in [2.05, 4.69) is 15.6 Å². The van der Waals surface area contributed by atoms with E-state index in [9.17, 15) is 14.7 Å². The minimum absolute atomic E-state index is 0.00209. The molecule has 1 atom stereocenters. The number of hydrogen-bond acceptors (Lipinski definition) is 4. The van der Waals surface area contributed by atoms with Crippen LogP contribution in [0.1, 0.15) is 23.2 Å². The third-order valence-corrected chi connectivity index (χ3v) is 2.65. The molecule has 2 rings (SSSR count). The molecule has 1 unspecified atom stereocenters. The third-order valence-electron chi connectivity index (χ3n) is 2.65. The van der Waals surface area contributed by atoms with Crippen LogP contribution in [0.25, 0.3) is 0 Å². The van der Waals surface area contributed by atoms with Crippen molar-refractivity contribution in [3.8, 4) is 5.75 Å². The second-order valence-corrected chi connectivity index (χ2v) is 3.91. The highest BCUT2D eigenvalue weighted by molar-refractivity contribution is 5.96. The Bertz CT molecular complexity index is 437. The molecule has 6 heteroatoms. The topological polar surface area (TPSA) is 91.3 Å². The van der Waals surface area contributed by atoms with Gasteiger partial charge in [0, 0.05) is 25.2 Å². The lowest BCUT2D eigenvalue weighted by atomic mass is 10.1. The monoisotopic (exact) mass is 235 g/mol. The maximum atomic E-state index is 11.8. The average molecular weight is 235 g/mol. The zero-order chi connectivity index (χ0) is 12.3. The molecule has 0 spiro atoms. The van der Waals surface area contributed by atoms with Crippen LogP contribution in [0.2, 0.25) is 0 Å². The first kappa shape index (κ1) is 11.4. The van der Waals surface area contributed by atoms with Crippen LogP contribution < -0.4 is 10.6 Å². The van der Waals surface area contributed by atoms with Crippen molar-refractivity contribution in [3.63, 3.8) is 0 Å². The van der Waals surface area contributed by atoms with Gasteiger partial charge in [0.2, 0.25) is 5.91 Å². The molecule has 90 valence electrons. The predicted molar refractivity (Wildman–Crippen MR) is 59.4 cm³/mol. The fourth-order valence-corrected chi connectivity index (χ4v) is 1.70. The molecule has 0 bridgehead atoms. The molecular formula is C11H13N3O3. The molecule has 1 aromatic rings. The lowest BCUT2D eigenvalue weighted by Crippen LogP contribution is -2.47. The first-order chi connectivity index (χ1) is 8.16. The van der Waals surface area contributed by atoms with Crippen LogP contribution in [-0.4, -0.2) is 34.5 Å². The Hall–Kier alpha value is -2.11. The summed E-state index contributed by atoms with van der Waals surface area (Å²) in [6, 6.07) is 1.36. The van der Waals surface area contributed by atoms with Crippen molar-refractivity contribution in [2.75, 3.05) is 6.54 Å². The van der Waals surface area contributed by atoms with E-state index >= 15 is 0 Å². The van der Waals surface area contributed by atoms with Gasteiger partial charge in [-0.25, -0.2) is 0 Å². The van der Waals surface area contributed by atoms with Gasteiger partial charge in [-0.2, -0.15) is 0 Å². The summed E-state index contributed by atoms with van der Waals surface area (Å²) in [7, 11) is 0. The van der Waals surface area contributed by atoms with Crippen LogP contribution in [0, 0.1) is 0 Å². The number of piperidine rings is 1. The summed E-state index contributed by atoms with van der Waals surface area (Å²) < 4.78 is 0.